The van der Waals surface area contributed by atoms with Gasteiger partial charge in [-0.25, -0.2) is 4.39 Å². The lowest BCUT2D eigenvalue weighted by Crippen LogP contribution is -2.18. The molecule has 4 rings (SSSR count). The molecule has 0 radical (unpaired) electrons. The lowest BCUT2D eigenvalue weighted by Gasteiger charge is -2.20. The van der Waals surface area contributed by atoms with Crippen LogP contribution in [0, 0.1) is 5.82 Å². The number of rotatable bonds is 4. The first-order valence-corrected chi connectivity index (χ1v) is 9.34. The van der Waals surface area contributed by atoms with Gasteiger partial charge in [0.05, 0.1) is 5.41 Å². The van der Waals surface area contributed by atoms with Gasteiger partial charge in [-0.15, -0.1) is 10.2 Å². The summed E-state index contributed by atoms with van der Waals surface area (Å²) in [6, 6.07) is 12.2. The molecular weight excluding hydrogens is 372 g/mol. The van der Waals surface area contributed by atoms with Crippen LogP contribution in [0.3, 0.4) is 0 Å². The van der Waals surface area contributed by atoms with Crippen molar-refractivity contribution >= 4 is 23.2 Å². The van der Waals surface area contributed by atoms with Gasteiger partial charge in [0.25, 0.3) is 0 Å². The molecule has 0 unspecified atom stereocenters. The summed E-state index contributed by atoms with van der Waals surface area (Å²) in [4.78, 5) is 0. The number of hydrogen-bond donors (Lipinski definition) is 0. The maximum atomic E-state index is 13.3. The molecule has 2 aromatic carbocycles. The van der Waals surface area contributed by atoms with E-state index >= 15 is 0 Å². The van der Waals surface area contributed by atoms with Crippen molar-refractivity contribution in [2.24, 2.45) is 0 Å². The minimum absolute atomic E-state index is 0.158. The Bertz CT molecular complexity index is 939. The summed E-state index contributed by atoms with van der Waals surface area (Å²) in [5.41, 5.74) is 1.71. The Kier molecular flexibility index (Phi) is 4.28. The van der Waals surface area contributed by atoms with Crippen LogP contribution in [0.25, 0.3) is 11.4 Å². The van der Waals surface area contributed by atoms with E-state index < -0.39 is 0 Å². The number of nitrogens with zero attached hydrogens (tertiary/aromatic N) is 3. The Morgan fingerprint density at radius 1 is 1.00 bits per heavy atom. The molecule has 3 aromatic rings. The van der Waals surface area contributed by atoms with Crippen LogP contribution in [0.15, 0.2) is 42.5 Å². The third-order valence-electron chi connectivity index (χ3n) is 4.91. The van der Waals surface area contributed by atoms with Crippen LogP contribution in [-0.4, -0.2) is 14.8 Å². The van der Waals surface area contributed by atoms with Crippen molar-refractivity contribution in [2.75, 3.05) is 0 Å². The zero-order chi connectivity index (χ0) is 18.5. The van der Waals surface area contributed by atoms with Crippen LogP contribution in [0.1, 0.15) is 44.1 Å². The van der Waals surface area contributed by atoms with Crippen molar-refractivity contribution in [2.45, 2.75) is 38.1 Å². The first kappa shape index (κ1) is 17.5. The number of halogens is 3. The second kappa shape index (κ2) is 6.36. The highest BCUT2D eigenvalue weighted by atomic mass is 35.5. The maximum Gasteiger partial charge on any atom is 0.164 e. The molecule has 1 saturated carbocycles. The highest BCUT2D eigenvalue weighted by molar-refractivity contribution is 6.35. The normalized spacial score (nSPS) is 15.5. The molecule has 1 aromatic heterocycles. The molecule has 26 heavy (non-hydrogen) atoms. The van der Waals surface area contributed by atoms with Crippen LogP contribution in [0.4, 0.5) is 4.39 Å². The Labute approximate surface area is 161 Å². The molecule has 1 heterocycles. The third kappa shape index (κ3) is 2.91. The molecule has 0 bridgehead atoms. The van der Waals surface area contributed by atoms with Crippen LogP contribution < -0.4 is 0 Å². The van der Waals surface area contributed by atoms with E-state index in [0.717, 1.165) is 35.6 Å². The molecule has 0 atom stereocenters. The smallest absolute Gasteiger partial charge is 0.164 e. The van der Waals surface area contributed by atoms with Gasteiger partial charge in [0.1, 0.15) is 11.6 Å². The molecule has 1 aliphatic rings. The van der Waals surface area contributed by atoms with Crippen molar-refractivity contribution < 1.29 is 4.39 Å². The van der Waals surface area contributed by atoms with Gasteiger partial charge in [0.2, 0.25) is 0 Å². The second-order valence-corrected chi connectivity index (χ2v) is 7.93. The minimum atomic E-state index is -0.232. The average Bonchev–Trinajstić information content (AvgIpc) is 3.25. The summed E-state index contributed by atoms with van der Waals surface area (Å²) in [7, 11) is 0. The summed E-state index contributed by atoms with van der Waals surface area (Å²) < 4.78 is 15.5. The topological polar surface area (TPSA) is 30.7 Å². The van der Waals surface area contributed by atoms with Crippen LogP contribution >= 0.6 is 23.2 Å². The first-order chi connectivity index (χ1) is 12.4. The van der Waals surface area contributed by atoms with Gasteiger partial charge in [-0.05, 0) is 62.6 Å². The van der Waals surface area contributed by atoms with Crippen molar-refractivity contribution in [3.8, 4) is 11.4 Å². The first-order valence-electron chi connectivity index (χ1n) is 8.58. The molecule has 1 aliphatic carbocycles. The summed E-state index contributed by atoms with van der Waals surface area (Å²) in [5.74, 6) is 1.42. The lowest BCUT2D eigenvalue weighted by atomic mass is 9.94. The van der Waals surface area contributed by atoms with Gasteiger partial charge >= 0.3 is 0 Å². The van der Waals surface area contributed by atoms with E-state index in [9.17, 15) is 4.39 Å². The second-order valence-electron chi connectivity index (χ2n) is 7.06. The highest BCUT2D eigenvalue weighted by Gasteiger charge is 2.50. The van der Waals surface area contributed by atoms with E-state index in [1.165, 1.54) is 12.1 Å². The molecule has 6 heteroatoms. The molecular formula is C20H18Cl2FN3. The molecule has 1 fully saturated rings. The SMILES string of the molecule is CC(C)n1c(-c2cc(Cl)cc(Cl)c2)nnc1C1(c2ccc(F)cc2)CC1. The van der Waals surface area contributed by atoms with Crippen LogP contribution in [0.5, 0.6) is 0 Å². The van der Waals surface area contributed by atoms with E-state index in [1.807, 2.05) is 24.3 Å². The van der Waals surface area contributed by atoms with Gasteiger partial charge < -0.3 is 4.57 Å². The highest BCUT2D eigenvalue weighted by Crippen LogP contribution is 2.53. The van der Waals surface area contributed by atoms with E-state index in [4.69, 9.17) is 23.2 Å². The van der Waals surface area contributed by atoms with Gasteiger partial charge in [-0.2, -0.15) is 0 Å². The largest absolute Gasteiger partial charge is 0.308 e. The molecule has 0 saturated heterocycles. The summed E-state index contributed by atoms with van der Waals surface area (Å²) in [6.45, 7) is 4.20. The van der Waals surface area contributed by atoms with Gasteiger partial charge in [-0.1, -0.05) is 35.3 Å². The molecule has 0 amide bonds. The van der Waals surface area contributed by atoms with Crippen LogP contribution in [0.2, 0.25) is 10.0 Å². The molecule has 3 nitrogen and oxygen atoms in total. The Morgan fingerprint density at radius 2 is 1.62 bits per heavy atom. The zero-order valence-electron chi connectivity index (χ0n) is 14.5. The lowest BCUT2D eigenvalue weighted by molar-refractivity contribution is 0.547. The zero-order valence-corrected chi connectivity index (χ0v) is 16.0. The Balaban J connectivity index is 1.86. The maximum absolute atomic E-state index is 13.3. The van der Waals surface area contributed by atoms with Crippen LogP contribution in [-0.2, 0) is 5.41 Å². The minimum Gasteiger partial charge on any atom is -0.308 e. The van der Waals surface area contributed by atoms with Gasteiger partial charge in [-0.3, -0.25) is 0 Å². The van der Waals surface area contributed by atoms with Gasteiger partial charge in [0, 0.05) is 21.7 Å². The molecule has 0 N–H and O–H groups in total. The monoisotopic (exact) mass is 389 g/mol. The fourth-order valence-electron chi connectivity index (χ4n) is 3.52. The average molecular weight is 390 g/mol. The standard InChI is InChI=1S/C20H18Cl2FN3/c1-12(2)26-18(13-9-15(21)11-16(22)10-13)24-25-19(26)20(7-8-20)14-3-5-17(23)6-4-14/h3-6,9-12H,7-8H2,1-2H3. The molecule has 134 valence electrons. The fraction of sp³-hybridized carbons (Fsp3) is 0.300. The van der Waals surface area contributed by atoms with Gasteiger partial charge in [0.15, 0.2) is 5.82 Å². The van der Waals surface area contributed by atoms with E-state index in [-0.39, 0.29) is 17.3 Å². The predicted molar refractivity (Wildman–Crippen MR) is 102 cm³/mol. The summed E-state index contributed by atoms with van der Waals surface area (Å²) in [6.07, 6.45) is 1.94. The number of benzene rings is 2. The Morgan fingerprint density at radius 3 is 2.15 bits per heavy atom. The van der Waals surface area contributed by atoms with E-state index in [1.54, 1.807) is 6.07 Å². The molecule has 0 spiro atoms. The van der Waals surface area contributed by atoms with E-state index in [0.29, 0.717) is 10.0 Å². The predicted octanol–water partition coefficient (Wildman–Crippen LogP) is 6.05. The quantitative estimate of drug-likeness (QED) is 0.543. The number of aromatic nitrogens is 3. The van der Waals surface area contributed by atoms with Crippen molar-refractivity contribution in [3.05, 3.63) is 69.7 Å². The van der Waals surface area contributed by atoms with Crippen molar-refractivity contribution in [1.82, 2.24) is 14.8 Å². The van der Waals surface area contributed by atoms with Crippen molar-refractivity contribution in [1.29, 1.82) is 0 Å². The van der Waals surface area contributed by atoms with Crippen molar-refractivity contribution in [3.63, 3.8) is 0 Å². The Hall–Kier alpha value is -1.91. The summed E-state index contributed by atoms with van der Waals surface area (Å²) in [5, 5.41) is 10.1. The summed E-state index contributed by atoms with van der Waals surface area (Å²) >= 11 is 12.3. The molecule has 0 aliphatic heterocycles. The number of hydrogen-bond acceptors (Lipinski definition) is 2. The fourth-order valence-corrected chi connectivity index (χ4v) is 4.05. The third-order valence-corrected chi connectivity index (χ3v) is 5.34. The van der Waals surface area contributed by atoms with E-state index in [2.05, 4.69) is 28.6 Å².